The quantitative estimate of drug-likeness (QED) is 0.403. The van der Waals surface area contributed by atoms with Crippen LogP contribution in [0.15, 0.2) is 59.5 Å². The second-order valence-electron chi connectivity index (χ2n) is 6.46. The predicted molar refractivity (Wildman–Crippen MR) is 112 cm³/mol. The predicted octanol–water partition coefficient (Wildman–Crippen LogP) is 4.25. The van der Waals surface area contributed by atoms with Gasteiger partial charge in [-0.3, -0.25) is 4.79 Å². The van der Waals surface area contributed by atoms with Gasteiger partial charge in [-0.1, -0.05) is 35.9 Å². The summed E-state index contributed by atoms with van der Waals surface area (Å²) in [6.45, 7) is 0.404. The van der Waals surface area contributed by atoms with Crippen LogP contribution in [0.5, 0.6) is 0 Å². The van der Waals surface area contributed by atoms with E-state index < -0.39 is 5.97 Å². The van der Waals surface area contributed by atoms with Gasteiger partial charge in [-0.2, -0.15) is 0 Å². The lowest BCUT2D eigenvalue weighted by molar-refractivity contribution is 0.0603. The average Bonchev–Trinajstić information content (AvgIpc) is 2.72. The molecule has 140 valence electrons. The van der Waals surface area contributed by atoms with Gasteiger partial charge in [0.25, 0.3) is 5.56 Å². The van der Waals surface area contributed by atoms with Gasteiger partial charge >= 0.3 is 5.97 Å². The van der Waals surface area contributed by atoms with Crippen molar-refractivity contribution < 1.29 is 9.53 Å². The molecule has 0 aliphatic heterocycles. The molecule has 0 saturated carbocycles. The van der Waals surface area contributed by atoms with E-state index in [1.165, 1.54) is 7.11 Å². The molecule has 0 atom stereocenters. The molecule has 0 spiro atoms. The van der Waals surface area contributed by atoms with Crippen molar-refractivity contribution in [2.45, 2.75) is 6.54 Å². The highest BCUT2D eigenvalue weighted by atomic mass is 35.5. The molecule has 0 aliphatic rings. The fourth-order valence-electron chi connectivity index (χ4n) is 3.53. The first-order valence-electron chi connectivity index (χ1n) is 8.69. The molecular weight excluding hydrogens is 376 g/mol. The minimum Gasteiger partial charge on any atom is -0.465 e. The van der Waals surface area contributed by atoms with Gasteiger partial charge in [-0.15, -0.1) is 0 Å². The second-order valence-corrected chi connectivity index (χ2v) is 6.90. The molecule has 28 heavy (non-hydrogen) atoms. The van der Waals surface area contributed by atoms with Gasteiger partial charge in [0.1, 0.15) is 0 Å². The Kier molecular flexibility index (Phi) is 4.63. The van der Waals surface area contributed by atoms with Crippen molar-refractivity contribution in [3.8, 4) is 11.1 Å². The number of hydrogen-bond donors (Lipinski definition) is 2. The van der Waals surface area contributed by atoms with Crippen molar-refractivity contribution in [1.82, 2.24) is 4.98 Å². The normalized spacial score (nSPS) is 11.1. The Bertz CT molecular complexity index is 1290. The zero-order valence-corrected chi connectivity index (χ0v) is 15.8. The van der Waals surface area contributed by atoms with Crippen molar-refractivity contribution in [2.24, 2.45) is 5.73 Å². The molecule has 3 aromatic carbocycles. The van der Waals surface area contributed by atoms with Crippen LogP contribution in [0.1, 0.15) is 15.9 Å². The molecule has 4 aromatic rings. The minimum absolute atomic E-state index is 0.252. The number of nitrogens with one attached hydrogen (secondary N) is 1. The van der Waals surface area contributed by atoms with Gasteiger partial charge in [0.05, 0.1) is 18.1 Å². The maximum Gasteiger partial charge on any atom is 0.338 e. The first-order chi connectivity index (χ1) is 13.5. The third-order valence-electron chi connectivity index (χ3n) is 4.84. The van der Waals surface area contributed by atoms with E-state index in [0.717, 1.165) is 16.7 Å². The van der Waals surface area contributed by atoms with Crippen LogP contribution < -0.4 is 11.3 Å². The second kappa shape index (κ2) is 7.11. The molecule has 6 heteroatoms. The Morgan fingerprint density at radius 2 is 1.93 bits per heavy atom. The van der Waals surface area contributed by atoms with E-state index in [2.05, 4.69) is 4.98 Å². The van der Waals surface area contributed by atoms with Gasteiger partial charge < -0.3 is 15.5 Å². The highest BCUT2D eigenvalue weighted by Gasteiger charge is 2.18. The van der Waals surface area contributed by atoms with Crippen LogP contribution in [0.25, 0.3) is 32.7 Å². The highest BCUT2D eigenvalue weighted by Crippen LogP contribution is 2.34. The number of carbonyl (C=O) groups is 1. The first-order valence-corrected chi connectivity index (χ1v) is 9.06. The number of hydrogen-bond acceptors (Lipinski definition) is 4. The van der Waals surface area contributed by atoms with Gasteiger partial charge in [0, 0.05) is 23.3 Å². The van der Waals surface area contributed by atoms with Crippen molar-refractivity contribution >= 4 is 39.1 Å². The molecule has 0 unspecified atom stereocenters. The maximum atomic E-state index is 12.7. The summed E-state index contributed by atoms with van der Waals surface area (Å²) in [6.07, 6.45) is 1.65. The smallest absolute Gasteiger partial charge is 0.338 e. The summed E-state index contributed by atoms with van der Waals surface area (Å²) < 4.78 is 4.96. The minimum atomic E-state index is -0.476. The van der Waals surface area contributed by atoms with E-state index in [4.69, 9.17) is 22.1 Å². The van der Waals surface area contributed by atoms with E-state index >= 15 is 0 Å². The van der Waals surface area contributed by atoms with Gasteiger partial charge in [-0.25, -0.2) is 4.79 Å². The average molecular weight is 393 g/mol. The molecule has 0 aliphatic carbocycles. The van der Waals surface area contributed by atoms with E-state index in [0.29, 0.717) is 38.7 Å². The Balaban J connectivity index is 2.18. The lowest BCUT2D eigenvalue weighted by atomic mass is 9.93. The van der Waals surface area contributed by atoms with Crippen LogP contribution >= 0.6 is 11.6 Å². The molecule has 0 saturated heterocycles. The summed E-state index contributed by atoms with van der Waals surface area (Å²) in [7, 11) is 1.33. The molecule has 0 amide bonds. The topological polar surface area (TPSA) is 85.2 Å². The number of rotatable bonds is 3. The van der Waals surface area contributed by atoms with Crippen LogP contribution in [0.3, 0.4) is 0 Å². The molecule has 1 heterocycles. The Morgan fingerprint density at radius 1 is 1.11 bits per heavy atom. The summed E-state index contributed by atoms with van der Waals surface area (Å²) in [5.41, 5.74) is 8.54. The molecule has 0 bridgehead atoms. The van der Waals surface area contributed by atoms with E-state index in [1.54, 1.807) is 30.5 Å². The summed E-state index contributed by atoms with van der Waals surface area (Å²) in [4.78, 5) is 28.0. The highest BCUT2D eigenvalue weighted by molar-refractivity contribution is 6.32. The van der Waals surface area contributed by atoms with Gasteiger partial charge in [-0.05, 0) is 51.6 Å². The summed E-state index contributed by atoms with van der Waals surface area (Å²) in [6, 6.07) is 14.6. The van der Waals surface area contributed by atoms with Gasteiger partial charge in [0.2, 0.25) is 0 Å². The van der Waals surface area contributed by atoms with E-state index in [-0.39, 0.29) is 5.56 Å². The van der Waals surface area contributed by atoms with Crippen LogP contribution in [0, 0.1) is 0 Å². The molecule has 0 radical (unpaired) electrons. The summed E-state index contributed by atoms with van der Waals surface area (Å²) >= 11 is 6.19. The molecule has 5 nitrogen and oxygen atoms in total. The number of benzene rings is 3. The Morgan fingerprint density at radius 3 is 2.68 bits per heavy atom. The van der Waals surface area contributed by atoms with Crippen molar-refractivity contribution in [3.63, 3.8) is 0 Å². The van der Waals surface area contributed by atoms with Crippen LogP contribution in [0.2, 0.25) is 5.02 Å². The van der Waals surface area contributed by atoms with Crippen molar-refractivity contribution in [3.05, 3.63) is 81.2 Å². The Hall–Kier alpha value is -3.15. The zero-order chi connectivity index (χ0) is 19.8. The molecule has 1 aromatic heterocycles. The van der Waals surface area contributed by atoms with Crippen LogP contribution in [0.4, 0.5) is 0 Å². The number of halogens is 1. The van der Waals surface area contributed by atoms with Crippen molar-refractivity contribution in [2.75, 3.05) is 7.11 Å². The lowest BCUT2D eigenvalue weighted by Gasteiger charge is -2.13. The summed E-state index contributed by atoms with van der Waals surface area (Å²) in [5, 5.41) is 2.81. The number of pyridine rings is 1. The number of fused-ring (bicyclic) bond motifs is 3. The van der Waals surface area contributed by atoms with E-state index in [1.807, 2.05) is 24.3 Å². The Labute approximate surface area is 165 Å². The standard InChI is InChI=1S/C22H17ClN2O3/c1-28-22(27)18-9-17-19(13-4-2-3-12(7-13)10-24)11-25-21(26)20(17)16-8-14(23)5-6-15(16)18/h2-9,11H,10,24H2,1H3,(H,25,26). The van der Waals surface area contributed by atoms with Crippen LogP contribution in [-0.2, 0) is 11.3 Å². The van der Waals surface area contributed by atoms with Gasteiger partial charge in [0.15, 0.2) is 0 Å². The first kappa shape index (κ1) is 18.2. The number of ether oxygens (including phenoxy) is 1. The zero-order valence-electron chi connectivity index (χ0n) is 15.1. The number of H-pyrrole nitrogens is 1. The molecule has 3 N–H and O–H groups in total. The van der Waals surface area contributed by atoms with Crippen molar-refractivity contribution in [1.29, 1.82) is 0 Å². The van der Waals surface area contributed by atoms with Crippen LogP contribution in [-0.4, -0.2) is 18.1 Å². The third kappa shape index (κ3) is 2.95. The lowest BCUT2D eigenvalue weighted by Crippen LogP contribution is -2.09. The number of methoxy groups -OCH3 is 1. The number of aromatic amines is 1. The third-order valence-corrected chi connectivity index (χ3v) is 5.08. The monoisotopic (exact) mass is 392 g/mol. The molecule has 0 fully saturated rings. The number of esters is 1. The largest absolute Gasteiger partial charge is 0.465 e. The fraction of sp³-hybridized carbons (Fsp3) is 0.0909. The maximum absolute atomic E-state index is 12.7. The molecule has 4 rings (SSSR count). The fourth-order valence-corrected chi connectivity index (χ4v) is 3.70. The number of carbonyl (C=O) groups excluding carboxylic acids is 1. The summed E-state index contributed by atoms with van der Waals surface area (Å²) in [5.74, 6) is -0.476. The number of aromatic nitrogens is 1. The van der Waals surface area contributed by atoms with E-state index in [9.17, 15) is 9.59 Å². The number of nitrogens with two attached hydrogens (primary N) is 1. The SMILES string of the molecule is COC(=O)c1cc2c(-c3cccc(CN)c3)c[nH]c(=O)c2c2cc(Cl)ccc12. The molecular formula is C22H17ClN2O3.